The van der Waals surface area contributed by atoms with Gasteiger partial charge in [-0.15, -0.1) is 23.2 Å². The van der Waals surface area contributed by atoms with E-state index in [-0.39, 0.29) is 26.2 Å². The van der Waals surface area contributed by atoms with Gasteiger partial charge in [0.1, 0.15) is 0 Å². The van der Waals surface area contributed by atoms with Crippen LogP contribution < -0.4 is 0 Å². The number of hydrogen-bond donors (Lipinski definition) is 0. The molecular weight excluding hydrogens is 659 g/mol. The Hall–Kier alpha value is -1.18. The molecule has 0 N–H and O–H groups in total. The van der Waals surface area contributed by atoms with E-state index < -0.39 is 18.5 Å². The smallest absolute Gasteiger partial charge is 0.0923 e. The molecule has 0 amide bonds. The van der Waals surface area contributed by atoms with Gasteiger partial charge in [0.25, 0.3) is 0 Å². The van der Waals surface area contributed by atoms with Crippen molar-refractivity contribution in [2.24, 2.45) is 0 Å². The fraction of sp³-hybridized carbons (Fsp3) is 0.436. The zero-order valence-corrected chi connectivity index (χ0v) is 33.4. The van der Waals surface area contributed by atoms with Gasteiger partial charge in [0.05, 0.1) is 18.5 Å². The van der Waals surface area contributed by atoms with E-state index in [1.807, 2.05) is 0 Å². The molecule has 2 unspecified atom stereocenters. The van der Waals surface area contributed by atoms with Crippen LogP contribution in [0.2, 0.25) is 0 Å². The van der Waals surface area contributed by atoms with Gasteiger partial charge in [0, 0.05) is 26.2 Å². The Bertz CT molecular complexity index is 1610. The third-order valence-electron chi connectivity index (χ3n) is 10.1. The number of rotatable bonds is 7. The molecule has 3 aromatic rings. The molecule has 226 valence electrons. The first-order valence-electron chi connectivity index (χ1n) is 15.8. The van der Waals surface area contributed by atoms with Gasteiger partial charge < -0.3 is 0 Å². The normalized spacial score (nSPS) is 21.7. The molecule has 5 rings (SSSR count). The van der Waals surface area contributed by atoms with Crippen LogP contribution in [0.15, 0.2) is 65.7 Å². The zero-order valence-electron chi connectivity index (χ0n) is 28.0. The van der Waals surface area contributed by atoms with Crippen molar-refractivity contribution < 1.29 is 26.2 Å². The van der Waals surface area contributed by atoms with Crippen molar-refractivity contribution in [3.63, 3.8) is 0 Å². The quantitative estimate of drug-likeness (QED) is 0.169. The van der Waals surface area contributed by atoms with Gasteiger partial charge in [-0.05, 0) is 117 Å². The first-order valence-corrected chi connectivity index (χ1v) is 18.0. The van der Waals surface area contributed by atoms with Crippen molar-refractivity contribution in [2.45, 2.75) is 109 Å². The molecule has 0 nitrogen and oxygen atoms in total. The third kappa shape index (κ3) is 5.60. The van der Waals surface area contributed by atoms with Crippen LogP contribution in [0.5, 0.6) is 0 Å². The average molecular weight is 707 g/mol. The summed E-state index contributed by atoms with van der Waals surface area (Å²) in [5, 5.41) is 0. The van der Waals surface area contributed by atoms with E-state index in [2.05, 4.69) is 131 Å². The van der Waals surface area contributed by atoms with Gasteiger partial charge in [-0.3, -0.25) is 0 Å². The van der Waals surface area contributed by atoms with E-state index in [0.717, 1.165) is 0 Å². The summed E-state index contributed by atoms with van der Waals surface area (Å²) in [5.74, 6) is 1.65. The Morgan fingerprint density at radius 1 is 0.581 bits per heavy atom. The summed E-state index contributed by atoms with van der Waals surface area (Å²) in [7, 11) is -1.26. The molecule has 0 aliphatic heterocycles. The monoisotopic (exact) mass is 704 g/mol. The summed E-state index contributed by atoms with van der Waals surface area (Å²) >= 11 is 16.3. The third-order valence-corrected chi connectivity index (χ3v) is 14.7. The summed E-state index contributed by atoms with van der Waals surface area (Å²) in [5.41, 5.74) is 17.3. The minimum atomic E-state index is -1.26. The molecular formula is C39H48Cl2SiZr. The topological polar surface area (TPSA) is 0 Å². The number of fused-ring (bicyclic) bond motifs is 2. The molecule has 43 heavy (non-hydrogen) atoms. The Labute approximate surface area is 292 Å². The minimum Gasteiger partial charge on any atom is -0.114 e. The molecule has 0 spiro atoms. The zero-order chi connectivity index (χ0) is 30.9. The molecule has 0 radical (unpaired) electrons. The van der Waals surface area contributed by atoms with E-state index >= 15 is 0 Å². The number of allylic oxidation sites excluding steroid dienone is 3. The number of halogens is 2. The Balaban J connectivity index is 0.00000423. The summed E-state index contributed by atoms with van der Waals surface area (Å²) in [6.45, 7) is 25.2. The Morgan fingerprint density at radius 2 is 1.02 bits per heavy atom. The van der Waals surface area contributed by atoms with Crippen LogP contribution in [0.3, 0.4) is 0 Å². The van der Waals surface area contributed by atoms with E-state index in [0.29, 0.717) is 23.7 Å². The van der Waals surface area contributed by atoms with Crippen LogP contribution in [0, 0.1) is 0 Å². The summed E-state index contributed by atoms with van der Waals surface area (Å²) in [6.07, 6.45) is 0. The average Bonchev–Trinajstić information content (AvgIpc) is 3.27. The fourth-order valence-electron chi connectivity index (χ4n) is 7.31. The summed E-state index contributed by atoms with van der Waals surface area (Å²) < 4.78 is -1.17. The predicted octanol–water partition coefficient (Wildman–Crippen LogP) is 11.5. The van der Waals surface area contributed by atoms with Gasteiger partial charge in [0.15, 0.2) is 0 Å². The molecule has 2 aliphatic rings. The molecule has 0 saturated carbocycles. The predicted molar refractivity (Wildman–Crippen MR) is 189 cm³/mol. The van der Waals surface area contributed by atoms with Gasteiger partial charge in [-0.2, -0.15) is 0 Å². The van der Waals surface area contributed by atoms with Crippen LogP contribution in [0.1, 0.15) is 150 Å². The van der Waals surface area contributed by atoms with E-state index in [1.54, 1.807) is 0 Å². The van der Waals surface area contributed by atoms with Crippen LogP contribution in [-0.2, 0) is 35.2 Å². The second-order valence-electron chi connectivity index (χ2n) is 14.1. The minimum absolute atomic E-state index is 0. The van der Waals surface area contributed by atoms with Crippen molar-refractivity contribution in [3.05, 3.63) is 116 Å². The Kier molecular flexibility index (Phi) is 10.1. The van der Waals surface area contributed by atoms with Gasteiger partial charge >= 0.3 is 0 Å². The van der Waals surface area contributed by atoms with Crippen LogP contribution in [0.4, 0.5) is 0 Å². The standard InChI is InChI=1S/C39H48Cl2Si.Zr/c1-21(2)29-17-31(23(5)6)35-25(9)26(10)38(40,33(35)19-29)42-39(41)27(11)36(28-15-13-12-14-16-28)37-32(24(7)8)18-30(22(3)4)20-34(37)39;/h12-24H,42H2,1-11H3;. The number of benzene rings is 3. The maximum atomic E-state index is 8.20. The molecule has 0 heterocycles. The van der Waals surface area contributed by atoms with Gasteiger partial charge in [-0.25, -0.2) is 0 Å². The Morgan fingerprint density at radius 3 is 1.49 bits per heavy atom. The SMILES string of the molecule is CC1=C(C)C(Cl)([SiH2]C2(Cl)C(C)=C(c3ccccc3)c3c(C(C)C)cc(C(C)C)cc32)c2cc(C(C)C)cc(C(C)C)c21.[Zr]. The molecule has 0 fully saturated rings. The van der Waals surface area contributed by atoms with Crippen LogP contribution in [0.25, 0.3) is 11.1 Å². The molecule has 0 bridgehead atoms. The molecule has 2 atom stereocenters. The van der Waals surface area contributed by atoms with Gasteiger partial charge in [0.2, 0.25) is 0 Å². The van der Waals surface area contributed by atoms with Crippen LogP contribution >= 0.6 is 23.2 Å². The second kappa shape index (κ2) is 12.5. The first kappa shape index (κ1) is 34.7. The maximum Gasteiger partial charge on any atom is 0.0923 e. The number of hydrogen-bond acceptors (Lipinski definition) is 0. The number of alkyl halides is 2. The van der Waals surface area contributed by atoms with Crippen molar-refractivity contribution in [1.82, 2.24) is 0 Å². The second-order valence-corrected chi connectivity index (χ2v) is 18.7. The van der Waals surface area contributed by atoms with E-state index in [1.165, 1.54) is 72.4 Å². The van der Waals surface area contributed by atoms with Crippen LogP contribution in [-0.4, -0.2) is 9.52 Å². The molecule has 0 saturated heterocycles. The molecule has 0 aromatic heterocycles. The van der Waals surface area contributed by atoms with Crippen molar-refractivity contribution in [2.75, 3.05) is 0 Å². The molecule has 3 aromatic carbocycles. The van der Waals surface area contributed by atoms with E-state index in [9.17, 15) is 0 Å². The maximum absolute atomic E-state index is 8.20. The molecule has 4 heteroatoms. The summed E-state index contributed by atoms with van der Waals surface area (Å²) in [4.78, 5) is 0. The molecule has 2 aliphatic carbocycles. The van der Waals surface area contributed by atoms with Crippen molar-refractivity contribution in [3.8, 4) is 0 Å². The largest absolute Gasteiger partial charge is 0.114 e. The fourth-order valence-corrected chi connectivity index (χ4v) is 11.8. The van der Waals surface area contributed by atoms with Crippen molar-refractivity contribution in [1.29, 1.82) is 0 Å². The summed E-state index contributed by atoms with van der Waals surface area (Å²) in [6, 6.07) is 20.6. The van der Waals surface area contributed by atoms with Crippen molar-refractivity contribution >= 4 is 43.9 Å². The van der Waals surface area contributed by atoms with Gasteiger partial charge in [-0.1, -0.05) is 110 Å². The first-order chi connectivity index (χ1) is 19.6. The van der Waals surface area contributed by atoms with E-state index in [4.69, 9.17) is 23.2 Å².